The van der Waals surface area contributed by atoms with Gasteiger partial charge in [0.15, 0.2) is 0 Å². The lowest BCUT2D eigenvalue weighted by Crippen LogP contribution is -2.39. The van der Waals surface area contributed by atoms with Crippen LogP contribution in [0.3, 0.4) is 0 Å². The molecule has 0 spiro atoms. The minimum atomic E-state index is -0.641. The maximum absolute atomic E-state index is 12.9. The molecule has 1 N–H and O–H groups in total. The maximum atomic E-state index is 12.9. The van der Waals surface area contributed by atoms with E-state index in [0.29, 0.717) is 18.8 Å². The second kappa shape index (κ2) is 9.33. The first-order valence-corrected chi connectivity index (χ1v) is 9.76. The third kappa shape index (κ3) is 5.30. The lowest BCUT2D eigenvalue weighted by molar-refractivity contribution is -0.144. The molecule has 0 fully saturated rings. The Morgan fingerprint density at radius 3 is 1.89 bits per heavy atom. The van der Waals surface area contributed by atoms with Gasteiger partial charge in [-0.2, -0.15) is 0 Å². The fraction of sp³-hybridized carbons (Fsp3) is 0.130. The van der Waals surface area contributed by atoms with E-state index in [9.17, 15) is 9.59 Å². The van der Waals surface area contributed by atoms with Crippen LogP contribution < -0.4 is 5.32 Å². The summed E-state index contributed by atoms with van der Waals surface area (Å²) in [7, 11) is 0. The highest BCUT2D eigenvalue weighted by atomic mass is 79.9. The van der Waals surface area contributed by atoms with E-state index in [-0.39, 0.29) is 0 Å². The molecule has 0 heterocycles. The van der Waals surface area contributed by atoms with Crippen LogP contribution >= 0.6 is 15.9 Å². The summed E-state index contributed by atoms with van der Waals surface area (Å²) in [6.07, 6.45) is 0. The van der Waals surface area contributed by atoms with Crippen molar-refractivity contribution in [2.75, 3.05) is 5.32 Å². The predicted octanol–water partition coefficient (Wildman–Crippen LogP) is 4.93. The Hall–Kier alpha value is -2.92. The first-order chi connectivity index (χ1) is 13.5. The second-order valence-corrected chi connectivity index (χ2v) is 7.46. The van der Waals surface area contributed by atoms with Crippen molar-refractivity contribution in [2.45, 2.75) is 20.0 Å². The molecule has 28 heavy (non-hydrogen) atoms. The summed E-state index contributed by atoms with van der Waals surface area (Å²) in [6, 6.07) is 24.8. The Bertz CT molecular complexity index is 917. The second-order valence-electron chi connectivity index (χ2n) is 6.55. The SMILES string of the molecule is Cc1cc(Br)ccc1NC(=O)C(=O)N(Cc1ccccc1)Cc1ccccc1. The molecule has 5 heteroatoms. The summed E-state index contributed by atoms with van der Waals surface area (Å²) < 4.78 is 0.920. The highest BCUT2D eigenvalue weighted by molar-refractivity contribution is 9.10. The number of carbonyl (C=O) groups excluding carboxylic acids is 2. The van der Waals surface area contributed by atoms with Crippen LogP contribution in [0.5, 0.6) is 0 Å². The molecule has 0 saturated heterocycles. The summed E-state index contributed by atoms with van der Waals surface area (Å²) in [6.45, 7) is 2.61. The molecule has 0 atom stereocenters. The molecule has 0 aromatic heterocycles. The third-order valence-corrected chi connectivity index (χ3v) is 4.84. The number of amides is 2. The van der Waals surface area contributed by atoms with Crippen molar-refractivity contribution in [3.05, 3.63) is 100 Å². The number of carbonyl (C=O) groups is 2. The van der Waals surface area contributed by atoms with Gasteiger partial charge in [0, 0.05) is 23.2 Å². The zero-order valence-electron chi connectivity index (χ0n) is 15.6. The largest absolute Gasteiger partial charge is 0.326 e. The summed E-state index contributed by atoms with van der Waals surface area (Å²) in [5.41, 5.74) is 3.45. The minimum Gasteiger partial charge on any atom is -0.326 e. The molecule has 0 aliphatic carbocycles. The predicted molar refractivity (Wildman–Crippen MR) is 115 cm³/mol. The maximum Gasteiger partial charge on any atom is 0.313 e. The van der Waals surface area contributed by atoms with Gasteiger partial charge in [-0.1, -0.05) is 76.6 Å². The molecule has 0 bridgehead atoms. The van der Waals surface area contributed by atoms with Gasteiger partial charge in [-0.3, -0.25) is 9.59 Å². The van der Waals surface area contributed by atoms with Crippen molar-refractivity contribution in [3.8, 4) is 0 Å². The van der Waals surface area contributed by atoms with Crippen LogP contribution in [0, 0.1) is 6.92 Å². The Balaban J connectivity index is 1.79. The van der Waals surface area contributed by atoms with Gasteiger partial charge in [0.1, 0.15) is 0 Å². The number of nitrogens with one attached hydrogen (secondary N) is 1. The Kier molecular flexibility index (Phi) is 6.61. The van der Waals surface area contributed by atoms with Crippen LogP contribution in [0.2, 0.25) is 0 Å². The smallest absolute Gasteiger partial charge is 0.313 e. The molecule has 142 valence electrons. The van der Waals surface area contributed by atoms with Crippen molar-refractivity contribution in [1.82, 2.24) is 4.90 Å². The Morgan fingerprint density at radius 2 is 1.39 bits per heavy atom. The van der Waals surface area contributed by atoms with Gasteiger partial charge >= 0.3 is 11.8 Å². The molecule has 0 aliphatic heterocycles. The number of nitrogens with zero attached hydrogens (tertiary/aromatic N) is 1. The van der Waals surface area contributed by atoms with Crippen LogP contribution in [-0.2, 0) is 22.7 Å². The molecule has 2 amide bonds. The zero-order valence-corrected chi connectivity index (χ0v) is 17.1. The number of anilines is 1. The Labute approximate surface area is 173 Å². The fourth-order valence-corrected chi connectivity index (χ4v) is 3.37. The molecule has 3 aromatic rings. The summed E-state index contributed by atoms with van der Waals surface area (Å²) in [4.78, 5) is 27.2. The molecule has 3 rings (SSSR count). The van der Waals surface area contributed by atoms with Gasteiger partial charge in [-0.05, 0) is 41.8 Å². The van der Waals surface area contributed by atoms with Crippen LogP contribution in [0.25, 0.3) is 0 Å². The van der Waals surface area contributed by atoms with Crippen LogP contribution in [-0.4, -0.2) is 16.7 Å². The quantitative estimate of drug-likeness (QED) is 0.576. The fourth-order valence-electron chi connectivity index (χ4n) is 2.89. The minimum absolute atomic E-state index is 0.362. The van der Waals surface area contributed by atoms with Gasteiger partial charge < -0.3 is 10.2 Å². The number of hydrogen-bond acceptors (Lipinski definition) is 2. The first-order valence-electron chi connectivity index (χ1n) is 8.97. The highest BCUT2D eigenvalue weighted by Crippen LogP contribution is 2.20. The van der Waals surface area contributed by atoms with Crippen molar-refractivity contribution in [2.24, 2.45) is 0 Å². The molecule has 0 unspecified atom stereocenters. The van der Waals surface area contributed by atoms with Gasteiger partial charge in [0.05, 0.1) is 0 Å². The monoisotopic (exact) mass is 436 g/mol. The van der Waals surface area contributed by atoms with Gasteiger partial charge in [0.2, 0.25) is 0 Å². The third-order valence-electron chi connectivity index (χ3n) is 4.35. The molecule has 4 nitrogen and oxygen atoms in total. The van der Waals surface area contributed by atoms with E-state index in [0.717, 1.165) is 21.2 Å². The highest BCUT2D eigenvalue weighted by Gasteiger charge is 2.23. The molecular weight excluding hydrogens is 416 g/mol. The standard InChI is InChI=1S/C23H21BrN2O2/c1-17-14-20(24)12-13-21(17)25-22(27)23(28)26(15-18-8-4-2-5-9-18)16-19-10-6-3-7-11-19/h2-14H,15-16H2,1H3,(H,25,27). The Morgan fingerprint density at radius 1 is 0.857 bits per heavy atom. The van der Waals surface area contributed by atoms with Gasteiger partial charge in [-0.25, -0.2) is 0 Å². The van der Waals surface area contributed by atoms with Gasteiger partial charge in [-0.15, -0.1) is 0 Å². The van der Waals surface area contributed by atoms with Crippen molar-refractivity contribution in [1.29, 1.82) is 0 Å². The van der Waals surface area contributed by atoms with Crippen LogP contribution in [0.1, 0.15) is 16.7 Å². The lowest BCUT2D eigenvalue weighted by atomic mass is 10.1. The van der Waals surface area contributed by atoms with E-state index in [1.54, 1.807) is 11.0 Å². The number of rotatable bonds is 5. The van der Waals surface area contributed by atoms with E-state index in [1.807, 2.05) is 79.7 Å². The van der Waals surface area contributed by atoms with Gasteiger partial charge in [0.25, 0.3) is 0 Å². The van der Waals surface area contributed by atoms with E-state index in [1.165, 1.54) is 0 Å². The first kappa shape index (κ1) is 19.8. The van der Waals surface area contributed by atoms with E-state index in [2.05, 4.69) is 21.2 Å². The summed E-state index contributed by atoms with van der Waals surface area (Å²) in [5, 5.41) is 2.74. The van der Waals surface area contributed by atoms with E-state index < -0.39 is 11.8 Å². The normalized spacial score (nSPS) is 10.4. The molecule has 0 radical (unpaired) electrons. The number of benzene rings is 3. The molecular formula is C23H21BrN2O2. The number of aryl methyl sites for hydroxylation is 1. The lowest BCUT2D eigenvalue weighted by Gasteiger charge is -2.23. The number of hydrogen-bond donors (Lipinski definition) is 1. The molecule has 3 aromatic carbocycles. The van der Waals surface area contributed by atoms with E-state index >= 15 is 0 Å². The summed E-state index contributed by atoms with van der Waals surface area (Å²) in [5.74, 6) is -1.20. The summed E-state index contributed by atoms with van der Waals surface area (Å²) >= 11 is 3.40. The average molecular weight is 437 g/mol. The average Bonchev–Trinajstić information content (AvgIpc) is 2.70. The van der Waals surface area contributed by atoms with Crippen LogP contribution in [0.15, 0.2) is 83.3 Å². The van der Waals surface area contributed by atoms with Crippen molar-refractivity contribution < 1.29 is 9.59 Å². The zero-order chi connectivity index (χ0) is 19.9. The van der Waals surface area contributed by atoms with Crippen molar-refractivity contribution >= 4 is 33.4 Å². The van der Waals surface area contributed by atoms with E-state index in [4.69, 9.17) is 0 Å². The molecule has 0 aliphatic rings. The van der Waals surface area contributed by atoms with Crippen LogP contribution in [0.4, 0.5) is 5.69 Å². The number of halogens is 1. The van der Waals surface area contributed by atoms with Crippen molar-refractivity contribution in [3.63, 3.8) is 0 Å². The topological polar surface area (TPSA) is 49.4 Å². The molecule has 0 saturated carbocycles.